The number of hydrogen-bond acceptors (Lipinski definition) is 3. The summed E-state index contributed by atoms with van der Waals surface area (Å²) in [7, 11) is -3.19. The predicted octanol–water partition coefficient (Wildman–Crippen LogP) is 1.96. The second-order valence-electron chi connectivity index (χ2n) is 3.97. The lowest BCUT2D eigenvalue weighted by Crippen LogP contribution is -2.11. The van der Waals surface area contributed by atoms with Crippen molar-refractivity contribution in [1.29, 1.82) is 0 Å². The van der Waals surface area contributed by atoms with E-state index in [1.54, 1.807) is 12.1 Å². The maximum absolute atomic E-state index is 12.0. The van der Waals surface area contributed by atoms with Crippen molar-refractivity contribution in [2.75, 3.05) is 12.3 Å². The van der Waals surface area contributed by atoms with Gasteiger partial charge in [0.25, 0.3) is 0 Å². The summed E-state index contributed by atoms with van der Waals surface area (Å²) in [6.07, 6.45) is 0.495. The van der Waals surface area contributed by atoms with Gasteiger partial charge in [0.1, 0.15) is 0 Å². The van der Waals surface area contributed by atoms with Crippen LogP contribution in [0.5, 0.6) is 0 Å². The molecule has 0 radical (unpaired) electrons. The molecule has 0 aliphatic heterocycles. The minimum atomic E-state index is -3.19. The quantitative estimate of drug-likeness (QED) is 0.901. The molecule has 0 heterocycles. The maximum Gasteiger partial charge on any atom is 0.178 e. The Hall–Kier alpha value is -1.39. The molecule has 0 saturated carbocycles. The first-order valence-corrected chi connectivity index (χ1v) is 7.20. The van der Waals surface area contributed by atoms with Gasteiger partial charge in [-0.3, -0.25) is 0 Å². The molecule has 0 aliphatic rings. The average molecular weight is 249 g/mol. The summed E-state index contributed by atoms with van der Waals surface area (Å²) >= 11 is 0. The van der Waals surface area contributed by atoms with Crippen molar-refractivity contribution in [3.05, 3.63) is 42.5 Å². The molecule has 0 amide bonds. The van der Waals surface area contributed by atoms with Crippen LogP contribution in [0, 0.1) is 0 Å². The molecular weight excluding hydrogens is 234 g/mol. The third-order valence-electron chi connectivity index (χ3n) is 2.70. The van der Waals surface area contributed by atoms with E-state index in [-0.39, 0.29) is 5.75 Å². The van der Waals surface area contributed by atoms with E-state index in [1.807, 2.05) is 30.3 Å². The van der Waals surface area contributed by atoms with Crippen LogP contribution in [0.1, 0.15) is 6.42 Å². The number of rotatable bonds is 4. The van der Waals surface area contributed by atoms with E-state index in [1.165, 1.54) is 0 Å². The fourth-order valence-electron chi connectivity index (χ4n) is 1.75. The second-order valence-corrected chi connectivity index (χ2v) is 6.08. The zero-order valence-electron chi connectivity index (χ0n) is 9.46. The largest absolute Gasteiger partial charge is 0.330 e. The van der Waals surface area contributed by atoms with E-state index in [0.29, 0.717) is 17.9 Å². The zero-order valence-corrected chi connectivity index (χ0v) is 10.3. The summed E-state index contributed by atoms with van der Waals surface area (Å²) in [4.78, 5) is 0.379. The Labute approximate surface area is 101 Å². The summed E-state index contributed by atoms with van der Waals surface area (Å²) in [5.74, 6) is 0.113. The average Bonchev–Trinajstić information content (AvgIpc) is 2.36. The van der Waals surface area contributed by atoms with Crippen molar-refractivity contribution in [2.45, 2.75) is 11.3 Å². The summed E-state index contributed by atoms with van der Waals surface area (Å²) in [6, 6.07) is 12.9. The van der Waals surface area contributed by atoms with Crippen LogP contribution in [0.4, 0.5) is 0 Å². The highest BCUT2D eigenvalue weighted by atomic mass is 32.2. The molecule has 4 heteroatoms. The number of hydrogen-bond donors (Lipinski definition) is 1. The van der Waals surface area contributed by atoms with Crippen molar-refractivity contribution in [1.82, 2.24) is 0 Å². The molecule has 0 bridgehead atoms. The molecule has 0 fully saturated rings. The van der Waals surface area contributed by atoms with Crippen molar-refractivity contribution in [3.63, 3.8) is 0 Å². The van der Waals surface area contributed by atoms with Gasteiger partial charge in [-0.05, 0) is 35.9 Å². The Morgan fingerprint density at radius 2 is 1.71 bits per heavy atom. The van der Waals surface area contributed by atoms with Crippen LogP contribution >= 0.6 is 0 Å². The summed E-state index contributed by atoms with van der Waals surface area (Å²) in [6.45, 7) is 0.396. The molecule has 2 aromatic rings. The van der Waals surface area contributed by atoms with Gasteiger partial charge in [-0.1, -0.05) is 30.3 Å². The minimum absolute atomic E-state index is 0.113. The minimum Gasteiger partial charge on any atom is -0.330 e. The molecule has 0 atom stereocenters. The van der Waals surface area contributed by atoms with E-state index < -0.39 is 9.84 Å². The molecule has 0 aliphatic carbocycles. The fourth-order valence-corrected chi connectivity index (χ4v) is 3.12. The fraction of sp³-hybridized carbons (Fsp3) is 0.231. The SMILES string of the molecule is NCCCS(=O)(=O)c1ccc2ccccc2c1. The van der Waals surface area contributed by atoms with Crippen LogP contribution < -0.4 is 5.73 Å². The second kappa shape index (κ2) is 4.85. The third kappa shape index (κ3) is 2.65. The summed E-state index contributed by atoms with van der Waals surface area (Å²) in [5.41, 5.74) is 5.34. The van der Waals surface area contributed by atoms with E-state index in [9.17, 15) is 8.42 Å². The topological polar surface area (TPSA) is 60.2 Å². The molecule has 2 rings (SSSR count). The third-order valence-corrected chi connectivity index (χ3v) is 4.50. The zero-order chi connectivity index (χ0) is 12.3. The molecule has 2 N–H and O–H groups in total. The first-order chi connectivity index (χ1) is 8.13. The highest BCUT2D eigenvalue weighted by Gasteiger charge is 2.13. The Balaban J connectivity index is 2.42. The van der Waals surface area contributed by atoms with Crippen LogP contribution in [0.15, 0.2) is 47.4 Å². The summed E-state index contributed by atoms with van der Waals surface area (Å²) in [5, 5.41) is 1.99. The van der Waals surface area contributed by atoms with Gasteiger partial charge in [0.05, 0.1) is 10.6 Å². The Morgan fingerprint density at radius 3 is 2.41 bits per heavy atom. The number of sulfone groups is 1. The van der Waals surface area contributed by atoms with Gasteiger partial charge < -0.3 is 5.73 Å². The van der Waals surface area contributed by atoms with Gasteiger partial charge in [-0.15, -0.1) is 0 Å². The molecule has 0 saturated heterocycles. The Morgan fingerprint density at radius 1 is 1.00 bits per heavy atom. The van der Waals surface area contributed by atoms with Crippen LogP contribution in [0.3, 0.4) is 0 Å². The number of benzene rings is 2. The number of nitrogens with two attached hydrogens (primary N) is 1. The molecule has 3 nitrogen and oxygen atoms in total. The van der Waals surface area contributed by atoms with Crippen LogP contribution in [0.25, 0.3) is 10.8 Å². The highest BCUT2D eigenvalue weighted by Crippen LogP contribution is 2.20. The van der Waals surface area contributed by atoms with E-state index in [4.69, 9.17) is 5.73 Å². The van der Waals surface area contributed by atoms with E-state index in [0.717, 1.165) is 10.8 Å². The molecule has 2 aromatic carbocycles. The van der Waals surface area contributed by atoms with Crippen molar-refractivity contribution >= 4 is 20.6 Å². The predicted molar refractivity (Wildman–Crippen MR) is 69.7 cm³/mol. The first kappa shape index (κ1) is 12.1. The first-order valence-electron chi connectivity index (χ1n) is 5.55. The highest BCUT2D eigenvalue weighted by molar-refractivity contribution is 7.91. The van der Waals surface area contributed by atoms with Gasteiger partial charge >= 0.3 is 0 Å². The standard InChI is InChI=1S/C13H15NO2S/c14-8-3-9-17(15,16)13-7-6-11-4-1-2-5-12(11)10-13/h1-2,4-7,10H,3,8-9,14H2. The molecule has 0 unspecified atom stereocenters. The molecular formula is C13H15NO2S. The maximum atomic E-state index is 12.0. The molecule has 0 spiro atoms. The van der Waals surface area contributed by atoms with Crippen molar-refractivity contribution in [3.8, 4) is 0 Å². The molecule has 90 valence electrons. The lowest BCUT2D eigenvalue weighted by Gasteiger charge is -2.05. The Kier molecular flexibility index (Phi) is 3.45. The van der Waals surface area contributed by atoms with Gasteiger partial charge in [0, 0.05) is 0 Å². The van der Waals surface area contributed by atoms with Crippen molar-refractivity contribution < 1.29 is 8.42 Å². The number of fused-ring (bicyclic) bond motifs is 1. The monoisotopic (exact) mass is 249 g/mol. The van der Waals surface area contributed by atoms with Gasteiger partial charge in [0.15, 0.2) is 9.84 Å². The van der Waals surface area contributed by atoms with Gasteiger partial charge in [-0.2, -0.15) is 0 Å². The van der Waals surface area contributed by atoms with Gasteiger partial charge in [-0.25, -0.2) is 8.42 Å². The smallest absolute Gasteiger partial charge is 0.178 e. The van der Waals surface area contributed by atoms with Crippen LogP contribution in [0.2, 0.25) is 0 Å². The summed E-state index contributed by atoms with van der Waals surface area (Å²) < 4.78 is 24.0. The lowest BCUT2D eigenvalue weighted by atomic mass is 10.1. The molecule has 17 heavy (non-hydrogen) atoms. The van der Waals surface area contributed by atoms with Crippen LogP contribution in [-0.2, 0) is 9.84 Å². The van der Waals surface area contributed by atoms with E-state index >= 15 is 0 Å². The lowest BCUT2D eigenvalue weighted by molar-refractivity contribution is 0.593. The normalized spacial score (nSPS) is 11.8. The Bertz CT molecular complexity index is 620. The van der Waals surface area contributed by atoms with Gasteiger partial charge in [0.2, 0.25) is 0 Å². The molecule has 0 aromatic heterocycles. The van der Waals surface area contributed by atoms with Crippen molar-refractivity contribution in [2.24, 2.45) is 5.73 Å². The van der Waals surface area contributed by atoms with E-state index in [2.05, 4.69) is 0 Å². The van der Waals surface area contributed by atoms with Crippen LogP contribution in [-0.4, -0.2) is 20.7 Å².